The molecular weight excluding hydrogens is 202 g/mol. The second-order valence-corrected chi connectivity index (χ2v) is 4.70. The largest absolute Gasteiger partial charge is 0.480 e. The van der Waals surface area contributed by atoms with E-state index in [9.17, 15) is 9.59 Å². The lowest BCUT2D eigenvalue weighted by molar-refractivity contribution is -0.136. The van der Waals surface area contributed by atoms with Crippen LogP contribution < -0.4 is 5.73 Å². The van der Waals surface area contributed by atoms with Gasteiger partial charge in [-0.25, -0.2) is 0 Å². The molecule has 0 radical (unpaired) electrons. The summed E-state index contributed by atoms with van der Waals surface area (Å²) in [5.41, 5.74) is 5.06. The number of hydrogen-bond donors (Lipinski definition) is 2. The molecule has 1 amide bonds. The van der Waals surface area contributed by atoms with Gasteiger partial charge in [-0.15, -0.1) is 11.8 Å². The van der Waals surface area contributed by atoms with Crippen molar-refractivity contribution in [2.75, 3.05) is 0 Å². The highest BCUT2D eigenvalue weighted by molar-refractivity contribution is 8.01. The summed E-state index contributed by atoms with van der Waals surface area (Å²) in [6, 6.07) is 0. The van der Waals surface area contributed by atoms with Crippen molar-refractivity contribution in [3.8, 4) is 0 Å². The van der Waals surface area contributed by atoms with Gasteiger partial charge in [-0.2, -0.15) is 0 Å². The lowest BCUT2D eigenvalue weighted by Crippen LogP contribution is -2.28. The van der Waals surface area contributed by atoms with E-state index in [1.165, 1.54) is 0 Å². The zero-order chi connectivity index (χ0) is 11.1. The van der Waals surface area contributed by atoms with Crippen molar-refractivity contribution < 1.29 is 14.7 Å². The van der Waals surface area contributed by atoms with Crippen LogP contribution in [0.5, 0.6) is 0 Å². The van der Waals surface area contributed by atoms with Crippen LogP contribution in [0.4, 0.5) is 0 Å². The highest BCUT2D eigenvalue weighted by atomic mass is 32.2. The smallest absolute Gasteiger partial charge is 0.316 e. The third kappa shape index (κ3) is 5.11. The average Bonchev–Trinajstić information content (AvgIpc) is 2.10. The van der Waals surface area contributed by atoms with Gasteiger partial charge in [0.15, 0.2) is 0 Å². The molecule has 0 aliphatic heterocycles. The number of aliphatic carboxylic acids is 1. The predicted octanol–water partition coefficient (Wildman–Crippen LogP) is 1.24. The minimum absolute atomic E-state index is 0.437. The quantitative estimate of drug-likeness (QED) is 0.675. The molecule has 2 atom stereocenters. The molecule has 0 aromatic rings. The molecule has 0 aromatic heterocycles. The first-order valence-electron chi connectivity index (χ1n) is 4.66. The van der Waals surface area contributed by atoms with E-state index in [0.29, 0.717) is 6.42 Å². The van der Waals surface area contributed by atoms with Crippen molar-refractivity contribution in [2.45, 2.75) is 43.6 Å². The predicted molar refractivity (Wildman–Crippen MR) is 57.2 cm³/mol. The maximum absolute atomic E-state index is 10.8. The summed E-state index contributed by atoms with van der Waals surface area (Å²) in [6.45, 7) is 3.63. The monoisotopic (exact) mass is 219 g/mol. The third-order valence-electron chi connectivity index (χ3n) is 1.86. The van der Waals surface area contributed by atoms with E-state index in [1.54, 1.807) is 6.92 Å². The van der Waals surface area contributed by atoms with E-state index in [1.807, 2.05) is 6.92 Å². The van der Waals surface area contributed by atoms with Gasteiger partial charge in [0, 0.05) is 0 Å². The Morgan fingerprint density at radius 1 is 1.50 bits per heavy atom. The Bertz CT molecular complexity index is 208. The molecule has 5 heteroatoms. The number of rotatable bonds is 7. The van der Waals surface area contributed by atoms with Gasteiger partial charge in [-0.05, 0) is 13.3 Å². The number of primary amides is 1. The molecule has 3 N–H and O–H groups in total. The fourth-order valence-electron chi connectivity index (χ4n) is 0.953. The van der Waals surface area contributed by atoms with Gasteiger partial charge in [0.2, 0.25) is 5.91 Å². The highest BCUT2D eigenvalue weighted by Gasteiger charge is 2.22. The molecule has 0 fully saturated rings. The number of carboxylic acids is 1. The zero-order valence-electron chi connectivity index (χ0n) is 8.53. The molecule has 0 aliphatic rings. The van der Waals surface area contributed by atoms with Crippen molar-refractivity contribution in [3.63, 3.8) is 0 Å². The standard InChI is InChI=1S/C9H17NO3S/c1-3-4-5-7(9(12)13)14-6(2)8(10)11/h6-7H,3-5H2,1-2H3,(H2,10,11)(H,12,13)/t6-,7-/m1/s1. The molecule has 0 saturated carbocycles. The van der Waals surface area contributed by atoms with Gasteiger partial charge in [-0.1, -0.05) is 19.8 Å². The molecular formula is C9H17NO3S. The lowest BCUT2D eigenvalue weighted by atomic mass is 10.2. The second-order valence-electron chi connectivity index (χ2n) is 3.15. The average molecular weight is 219 g/mol. The van der Waals surface area contributed by atoms with Crippen molar-refractivity contribution in [2.24, 2.45) is 5.73 Å². The van der Waals surface area contributed by atoms with Gasteiger partial charge < -0.3 is 10.8 Å². The summed E-state index contributed by atoms with van der Waals surface area (Å²) < 4.78 is 0. The van der Waals surface area contributed by atoms with E-state index in [-0.39, 0.29) is 0 Å². The molecule has 0 bridgehead atoms. The molecule has 14 heavy (non-hydrogen) atoms. The van der Waals surface area contributed by atoms with Crippen LogP contribution in [0, 0.1) is 0 Å². The Morgan fingerprint density at radius 2 is 2.07 bits per heavy atom. The first-order chi connectivity index (χ1) is 6.49. The summed E-state index contributed by atoms with van der Waals surface area (Å²) in [5.74, 6) is -1.32. The molecule has 0 aliphatic carbocycles. The summed E-state index contributed by atoms with van der Waals surface area (Å²) in [4.78, 5) is 21.5. The van der Waals surface area contributed by atoms with Crippen LogP contribution in [0.1, 0.15) is 33.1 Å². The van der Waals surface area contributed by atoms with E-state index < -0.39 is 22.4 Å². The van der Waals surface area contributed by atoms with Gasteiger partial charge >= 0.3 is 5.97 Å². The summed E-state index contributed by atoms with van der Waals surface area (Å²) in [5, 5.41) is 7.90. The normalized spacial score (nSPS) is 14.7. The topological polar surface area (TPSA) is 80.4 Å². The molecule has 0 rings (SSSR count). The molecule has 82 valence electrons. The van der Waals surface area contributed by atoms with Crippen molar-refractivity contribution in [1.82, 2.24) is 0 Å². The van der Waals surface area contributed by atoms with Crippen LogP contribution in [0.3, 0.4) is 0 Å². The fraction of sp³-hybridized carbons (Fsp3) is 0.778. The SMILES string of the molecule is CCCC[C@@H](S[C@H](C)C(N)=O)C(=O)O. The summed E-state index contributed by atoms with van der Waals surface area (Å²) in [6.07, 6.45) is 2.40. The number of unbranched alkanes of at least 4 members (excludes halogenated alkanes) is 1. The number of hydrogen-bond acceptors (Lipinski definition) is 3. The van der Waals surface area contributed by atoms with Crippen LogP contribution in [-0.4, -0.2) is 27.5 Å². The number of carbonyl (C=O) groups excluding carboxylic acids is 1. The lowest BCUT2D eigenvalue weighted by Gasteiger charge is -2.14. The highest BCUT2D eigenvalue weighted by Crippen LogP contribution is 2.22. The van der Waals surface area contributed by atoms with E-state index in [0.717, 1.165) is 24.6 Å². The minimum atomic E-state index is -0.864. The summed E-state index contributed by atoms with van der Waals surface area (Å²) in [7, 11) is 0. The maximum atomic E-state index is 10.8. The molecule has 0 heterocycles. The van der Waals surface area contributed by atoms with Crippen LogP contribution in [0.2, 0.25) is 0 Å². The summed E-state index contributed by atoms with van der Waals surface area (Å²) >= 11 is 1.13. The van der Waals surface area contributed by atoms with Crippen molar-refractivity contribution in [1.29, 1.82) is 0 Å². The Hall–Kier alpha value is -0.710. The fourth-order valence-corrected chi connectivity index (χ4v) is 2.00. The number of thioether (sulfide) groups is 1. The van der Waals surface area contributed by atoms with E-state index >= 15 is 0 Å². The van der Waals surface area contributed by atoms with E-state index in [2.05, 4.69) is 0 Å². The Morgan fingerprint density at radius 3 is 2.43 bits per heavy atom. The third-order valence-corrected chi connectivity index (χ3v) is 3.27. The minimum Gasteiger partial charge on any atom is -0.480 e. The molecule has 0 aromatic carbocycles. The Kier molecular flexibility index (Phi) is 6.36. The molecule has 4 nitrogen and oxygen atoms in total. The molecule has 0 unspecified atom stereocenters. The van der Waals surface area contributed by atoms with Crippen LogP contribution in [-0.2, 0) is 9.59 Å². The van der Waals surface area contributed by atoms with Crippen molar-refractivity contribution in [3.05, 3.63) is 0 Å². The van der Waals surface area contributed by atoms with Gasteiger partial charge in [0.1, 0.15) is 5.25 Å². The second kappa shape index (κ2) is 6.70. The maximum Gasteiger partial charge on any atom is 0.316 e. The van der Waals surface area contributed by atoms with Crippen LogP contribution in [0.25, 0.3) is 0 Å². The number of nitrogens with two attached hydrogens (primary N) is 1. The number of carboxylic acid groups (broad SMARTS) is 1. The van der Waals surface area contributed by atoms with E-state index in [4.69, 9.17) is 10.8 Å². The first kappa shape index (κ1) is 13.3. The van der Waals surface area contributed by atoms with Gasteiger partial charge in [-0.3, -0.25) is 9.59 Å². The number of carbonyl (C=O) groups is 2. The molecule has 0 saturated heterocycles. The first-order valence-corrected chi connectivity index (χ1v) is 5.60. The Balaban J connectivity index is 4.08. The number of amides is 1. The molecule has 0 spiro atoms. The van der Waals surface area contributed by atoms with Crippen LogP contribution >= 0.6 is 11.8 Å². The Labute approximate surface area is 88.2 Å². The van der Waals surface area contributed by atoms with Gasteiger partial charge in [0.25, 0.3) is 0 Å². The van der Waals surface area contributed by atoms with Crippen LogP contribution in [0.15, 0.2) is 0 Å². The zero-order valence-corrected chi connectivity index (χ0v) is 9.34. The van der Waals surface area contributed by atoms with Crippen molar-refractivity contribution >= 4 is 23.6 Å². The van der Waals surface area contributed by atoms with Gasteiger partial charge in [0.05, 0.1) is 5.25 Å².